The van der Waals surface area contributed by atoms with Crippen molar-refractivity contribution < 1.29 is 0 Å². The summed E-state index contributed by atoms with van der Waals surface area (Å²) < 4.78 is 2.60. The van der Waals surface area contributed by atoms with E-state index in [1.807, 2.05) is 6.20 Å². The van der Waals surface area contributed by atoms with Crippen LogP contribution in [0.2, 0.25) is 0 Å². The molecule has 0 spiro atoms. The van der Waals surface area contributed by atoms with E-state index in [1.165, 1.54) is 70.9 Å². The molecule has 0 amide bonds. The maximum atomic E-state index is 5.07. The van der Waals surface area contributed by atoms with Gasteiger partial charge in [0.15, 0.2) is 0 Å². The van der Waals surface area contributed by atoms with Crippen LogP contribution in [0, 0.1) is 17.8 Å². The highest BCUT2D eigenvalue weighted by molar-refractivity contribution is 6.29. The fraction of sp³-hybridized carbons (Fsp3) is 0.306. The Morgan fingerprint density at radius 1 is 0.684 bits per heavy atom. The smallest absolute Gasteiger partial charge is 0.0823 e. The average Bonchev–Trinajstić information content (AvgIpc) is 3.17. The highest BCUT2D eigenvalue weighted by Crippen LogP contribution is 2.45. The van der Waals surface area contributed by atoms with Gasteiger partial charge in [-0.3, -0.25) is 4.98 Å². The molecule has 3 aromatic heterocycles. The van der Waals surface area contributed by atoms with Gasteiger partial charge in [-0.15, -0.1) is 0 Å². The van der Waals surface area contributed by atoms with Gasteiger partial charge in [-0.25, -0.2) is 0 Å². The standard InChI is InChI=1S/C36H36N2/c1-21-11-13-25-24(17-21)18-27-32-31-22(15-16-37-32)12-14-26-30-23(19-35(2,3)4)9-8-10-29(30)38(34(26)31)33(27)28(25)20-36(5,6)7/h8-18H,19-20H2,1-7H3. The van der Waals surface area contributed by atoms with Gasteiger partial charge >= 0.3 is 0 Å². The number of pyridine rings is 2. The Labute approximate surface area is 224 Å². The Balaban J connectivity index is 1.82. The first-order chi connectivity index (χ1) is 18.0. The number of hydrogen-bond donors (Lipinski definition) is 0. The minimum Gasteiger partial charge on any atom is -0.308 e. The molecule has 3 heterocycles. The number of hydrogen-bond acceptors (Lipinski definition) is 1. The topological polar surface area (TPSA) is 17.3 Å². The summed E-state index contributed by atoms with van der Waals surface area (Å²) in [4.78, 5) is 5.07. The molecule has 0 aliphatic rings. The summed E-state index contributed by atoms with van der Waals surface area (Å²) in [7, 11) is 0. The quantitative estimate of drug-likeness (QED) is 0.172. The number of benzene rings is 4. The monoisotopic (exact) mass is 496 g/mol. The van der Waals surface area contributed by atoms with E-state index in [0.29, 0.717) is 0 Å². The zero-order valence-corrected chi connectivity index (χ0v) is 23.7. The Kier molecular flexibility index (Phi) is 4.75. The molecule has 4 aromatic carbocycles. The van der Waals surface area contributed by atoms with Crippen molar-refractivity contribution in [1.29, 1.82) is 0 Å². The Morgan fingerprint density at radius 2 is 1.45 bits per heavy atom. The van der Waals surface area contributed by atoms with E-state index in [1.54, 1.807) is 0 Å². The minimum absolute atomic E-state index is 0.142. The van der Waals surface area contributed by atoms with Gasteiger partial charge in [0.05, 0.1) is 22.1 Å². The molecule has 7 rings (SSSR count). The summed E-state index contributed by atoms with van der Waals surface area (Å²) in [6.07, 6.45) is 4.03. The molecule has 0 saturated heterocycles. The fourth-order valence-electron chi connectivity index (χ4n) is 6.78. The van der Waals surface area contributed by atoms with Crippen molar-refractivity contribution in [3.05, 3.63) is 83.6 Å². The van der Waals surface area contributed by atoms with Crippen molar-refractivity contribution in [3.8, 4) is 0 Å². The first-order valence-electron chi connectivity index (χ1n) is 13.9. The predicted octanol–water partition coefficient (Wildman–Crippen LogP) is 10.0. The summed E-state index contributed by atoms with van der Waals surface area (Å²) in [5, 5.41) is 9.21. The normalized spacial score (nSPS) is 13.3. The van der Waals surface area contributed by atoms with Crippen LogP contribution in [0.15, 0.2) is 66.9 Å². The van der Waals surface area contributed by atoms with Gasteiger partial charge in [0.2, 0.25) is 0 Å². The molecule has 190 valence electrons. The zero-order valence-electron chi connectivity index (χ0n) is 23.7. The fourth-order valence-corrected chi connectivity index (χ4v) is 6.78. The molecule has 0 radical (unpaired) electrons. The molecule has 7 aromatic rings. The second kappa shape index (κ2) is 7.69. The third kappa shape index (κ3) is 3.42. The Hall–Kier alpha value is -3.65. The number of aromatic nitrogens is 2. The van der Waals surface area contributed by atoms with Gasteiger partial charge < -0.3 is 4.40 Å². The summed E-state index contributed by atoms with van der Waals surface area (Å²) in [6.45, 7) is 16.3. The Morgan fingerprint density at radius 3 is 2.21 bits per heavy atom. The maximum absolute atomic E-state index is 5.07. The SMILES string of the molecule is Cc1ccc2c(CC(C)(C)C)c3c(cc2c1)c1nccc2ccc4c5c(CC(C)(C)C)cccc5n3c4c21. The van der Waals surface area contributed by atoms with Crippen molar-refractivity contribution in [2.24, 2.45) is 10.8 Å². The molecular weight excluding hydrogens is 460 g/mol. The van der Waals surface area contributed by atoms with Gasteiger partial charge in [0.1, 0.15) is 0 Å². The summed E-state index contributed by atoms with van der Waals surface area (Å²) >= 11 is 0. The van der Waals surface area contributed by atoms with E-state index >= 15 is 0 Å². The number of aryl methyl sites for hydroxylation is 1. The molecule has 0 fully saturated rings. The van der Waals surface area contributed by atoms with Crippen molar-refractivity contribution >= 4 is 59.8 Å². The minimum atomic E-state index is 0.142. The highest BCUT2D eigenvalue weighted by Gasteiger charge is 2.25. The second-order valence-corrected chi connectivity index (χ2v) is 13.8. The molecule has 0 N–H and O–H groups in total. The molecule has 2 heteroatoms. The van der Waals surface area contributed by atoms with Crippen LogP contribution in [0.4, 0.5) is 0 Å². The first kappa shape index (κ1) is 23.5. The molecule has 2 nitrogen and oxygen atoms in total. The lowest BCUT2D eigenvalue weighted by atomic mass is 9.84. The molecule has 0 atom stereocenters. The van der Waals surface area contributed by atoms with Crippen LogP contribution >= 0.6 is 0 Å². The maximum Gasteiger partial charge on any atom is 0.0823 e. The largest absolute Gasteiger partial charge is 0.308 e. The van der Waals surface area contributed by atoms with E-state index in [9.17, 15) is 0 Å². The van der Waals surface area contributed by atoms with Crippen LogP contribution in [0.25, 0.3) is 59.8 Å². The van der Waals surface area contributed by atoms with E-state index in [4.69, 9.17) is 4.98 Å². The zero-order chi connectivity index (χ0) is 26.6. The number of nitrogens with zero attached hydrogens (tertiary/aromatic N) is 2. The van der Waals surface area contributed by atoms with Crippen molar-refractivity contribution in [2.75, 3.05) is 0 Å². The molecule has 0 saturated carbocycles. The van der Waals surface area contributed by atoms with Crippen LogP contribution in [-0.2, 0) is 12.8 Å². The van der Waals surface area contributed by atoms with Gasteiger partial charge in [0.25, 0.3) is 0 Å². The first-order valence-corrected chi connectivity index (χ1v) is 13.9. The molecular formula is C36H36N2. The Bertz CT molecular complexity index is 2040. The summed E-state index contributed by atoms with van der Waals surface area (Å²) in [5.74, 6) is 0. The van der Waals surface area contributed by atoms with E-state index < -0.39 is 0 Å². The predicted molar refractivity (Wildman–Crippen MR) is 165 cm³/mol. The lowest BCUT2D eigenvalue weighted by molar-refractivity contribution is 0.412. The van der Waals surface area contributed by atoms with Crippen LogP contribution in [0.1, 0.15) is 58.2 Å². The third-order valence-electron chi connectivity index (χ3n) is 8.05. The second-order valence-electron chi connectivity index (χ2n) is 13.8. The average molecular weight is 497 g/mol. The van der Waals surface area contributed by atoms with Crippen LogP contribution < -0.4 is 0 Å². The van der Waals surface area contributed by atoms with Crippen molar-refractivity contribution in [3.63, 3.8) is 0 Å². The van der Waals surface area contributed by atoms with Crippen molar-refractivity contribution in [1.82, 2.24) is 9.38 Å². The lowest BCUT2D eigenvalue weighted by Gasteiger charge is -2.23. The van der Waals surface area contributed by atoms with Gasteiger partial charge in [-0.1, -0.05) is 89.6 Å². The number of fused-ring (bicyclic) bond motifs is 7. The van der Waals surface area contributed by atoms with Crippen molar-refractivity contribution in [2.45, 2.75) is 61.3 Å². The van der Waals surface area contributed by atoms with Gasteiger partial charge in [-0.2, -0.15) is 0 Å². The lowest BCUT2D eigenvalue weighted by Crippen LogP contribution is -2.11. The third-order valence-corrected chi connectivity index (χ3v) is 8.05. The molecule has 0 aliphatic carbocycles. The van der Waals surface area contributed by atoms with E-state index in [2.05, 4.69) is 114 Å². The van der Waals surface area contributed by atoms with E-state index in [-0.39, 0.29) is 10.8 Å². The highest BCUT2D eigenvalue weighted by atomic mass is 14.9. The van der Waals surface area contributed by atoms with Gasteiger partial charge in [0, 0.05) is 27.7 Å². The molecule has 0 unspecified atom stereocenters. The molecule has 0 aliphatic heterocycles. The summed E-state index contributed by atoms with van der Waals surface area (Å²) in [6, 6.07) is 23.1. The van der Waals surface area contributed by atoms with Crippen LogP contribution in [-0.4, -0.2) is 9.38 Å². The molecule has 0 bridgehead atoms. The van der Waals surface area contributed by atoms with Gasteiger partial charge in [-0.05, 0) is 76.1 Å². The summed E-state index contributed by atoms with van der Waals surface area (Å²) in [5.41, 5.74) is 9.57. The van der Waals surface area contributed by atoms with Crippen LogP contribution in [0.3, 0.4) is 0 Å². The van der Waals surface area contributed by atoms with Crippen LogP contribution in [0.5, 0.6) is 0 Å². The number of rotatable bonds is 2. The van der Waals surface area contributed by atoms with E-state index in [0.717, 1.165) is 18.4 Å². The molecule has 38 heavy (non-hydrogen) atoms.